The van der Waals surface area contributed by atoms with E-state index in [1.165, 1.54) is 6.42 Å². The Morgan fingerprint density at radius 1 is 1.43 bits per heavy atom. The van der Waals surface area contributed by atoms with Gasteiger partial charge in [-0.2, -0.15) is 0 Å². The Morgan fingerprint density at radius 3 is 2.86 bits per heavy atom. The normalized spacial score (nSPS) is 21.9. The average Bonchev–Trinajstić information content (AvgIpc) is 2.47. The number of hydrogen-bond acceptors (Lipinski definition) is 3. The molecule has 1 aromatic rings. The van der Waals surface area contributed by atoms with E-state index in [1.54, 1.807) is 12.1 Å². The first-order valence-electron chi connectivity index (χ1n) is 7.31. The molecule has 1 aliphatic rings. The van der Waals surface area contributed by atoms with E-state index in [2.05, 4.69) is 13.8 Å². The fraction of sp³-hybridized carbons (Fsp3) is 0.500. The van der Waals surface area contributed by atoms with Gasteiger partial charge in [-0.15, -0.1) is 0 Å². The van der Waals surface area contributed by atoms with Gasteiger partial charge in [-0.3, -0.25) is 4.79 Å². The van der Waals surface area contributed by atoms with Crippen LogP contribution in [0.4, 0.5) is 0 Å². The zero-order chi connectivity index (χ0) is 15.4. The third-order valence-electron chi connectivity index (χ3n) is 4.20. The van der Waals surface area contributed by atoms with Crippen LogP contribution in [0.25, 0.3) is 0 Å². The predicted molar refractivity (Wildman–Crippen MR) is 87.4 cm³/mol. The minimum absolute atomic E-state index is 0.0202. The van der Waals surface area contributed by atoms with Crippen molar-refractivity contribution >= 4 is 23.1 Å². The number of hydrogen-bond donors (Lipinski definition) is 1. The van der Waals surface area contributed by atoms with Gasteiger partial charge < -0.3 is 15.4 Å². The van der Waals surface area contributed by atoms with Crippen LogP contribution in [-0.4, -0.2) is 35.0 Å². The molecule has 1 amide bonds. The first kappa shape index (κ1) is 15.8. The monoisotopic (exact) mass is 306 g/mol. The Kier molecular flexibility index (Phi) is 5.17. The largest absolute Gasteiger partial charge is 0.483 e. The maximum Gasteiger partial charge on any atom is 0.260 e. The first-order valence-corrected chi connectivity index (χ1v) is 7.72. The summed E-state index contributed by atoms with van der Waals surface area (Å²) in [5.74, 6) is 1.12. The molecule has 0 bridgehead atoms. The molecule has 5 heteroatoms. The van der Waals surface area contributed by atoms with Crippen molar-refractivity contribution in [2.24, 2.45) is 11.7 Å². The molecule has 1 saturated heterocycles. The van der Waals surface area contributed by atoms with Gasteiger partial charge in [-0.25, -0.2) is 0 Å². The highest BCUT2D eigenvalue weighted by Crippen LogP contribution is 2.23. The number of nitrogens with two attached hydrogens (primary N) is 1. The molecule has 0 spiro atoms. The van der Waals surface area contributed by atoms with E-state index >= 15 is 0 Å². The standard InChI is InChI=1S/C16H22N2O2S/c1-11-6-5-9-18(12(11)2)15(19)10-20-14-8-4-3-7-13(14)16(17)21/h3-4,7-8,11-12H,5-6,9-10H2,1-2H3,(H2,17,21). The van der Waals surface area contributed by atoms with Crippen molar-refractivity contribution in [3.05, 3.63) is 29.8 Å². The van der Waals surface area contributed by atoms with Crippen LogP contribution >= 0.6 is 12.2 Å². The van der Waals surface area contributed by atoms with Crippen LogP contribution < -0.4 is 10.5 Å². The number of piperidine rings is 1. The van der Waals surface area contributed by atoms with Crippen molar-refractivity contribution in [3.63, 3.8) is 0 Å². The lowest BCUT2D eigenvalue weighted by Gasteiger charge is -2.37. The van der Waals surface area contributed by atoms with Crippen LogP contribution in [0.2, 0.25) is 0 Å². The fourth-order valence-corrected chi connectivity index (χ4v) is 2.87. The Bertz CT molecular complexity index is 533. The van der Waals surface area contributed by atoms with E-state index in [4.69, 9.17) is 22.7 Å². The quantitative estimate of drug-likeness (QED) is 0.868. The van der Waals surface area contributed by atoms with Gasteiger partial charge in [-0.1, -0.05) is 31.3 Å². The van der Waals surface area contributed by atoms with Crippen molar-refractivity contribution in [2.75, 3.05) is 13.2 Å². The van der Waals surface area contributed by atoms with Gasteiger partial charge in [0.25, 0.3) is 5.91 Å². The van der Waals surface area contributed by atoms with Crippen LogP contribution in [-0.2, 0) is 4.79 Å². The van der Waals surface area contributed by atoms with E-state index in [0.717, 1.165) is 13.0 Å². The molecular formula is C16H22N2O2S. The number of ether oxygens (including phenoxy) is 1. The minimum atomic E-state index is 0.0202. The molecule has 2 unspecified atom stereocenters. The average molecular weight is 306 g/mol. The van der Waals surface area contributed by atoms with E-state index in [9.17, 15) is 4.79 Å². The van der Waals surface area contributed by atoms with Crippen molar-refractivity contribution in [1.29, 1.82) is 0 Å². The minimum Gasteiger partial charge on any atom is -0.483 e. The molecule has 2 rings (SSSR count). The van der Waals surface area contributed by atoms with E-state index in [-0.39, 0.29) is 23.5 Å². The Hall–Kier alpha value is -1.62. The number of amides is 1. The maximum absolute atomic E-state index is 12.3. The van der Waals surface area contributed by atoms with Crippen molar-refractivity contribution in [2.45, 2.75) is 32.7 Å². The van der Waals surface area contributed by atoms with Gasteiger partial charge in [0.1, 0.15) is 10.7 Å². The molecule has 0 radical (unpaired) electrons. The van der Waals surface area contributed by atoms with Gasteiger partial charge in [0.15, 0.2) is 6.61 Å². The zero-order valence-electron chi connectivity index (χ0n) is 12.5. The van der Waals surface area contributed by atoms with Crippen LogP contribution in [0.5, 0.6) is 5.75 Å². The van der Waals surface area contributed by atoms with Crippen molar-refractivity contribution in [3.8, 4) is 5.75 Å². The van der Waals surface area contributed by atoms with Gasteiger partial charge in [0.2, 0.25) is 0 Å². The molecule has 4 nitrogen and oxygen atoms in total. The highest BCUT2D eigenvalue weighted by Gasteiger charge is 2.28. The molecule has 0 aliphatic carbocycles. The number of likely N-dealkylation sites (tertiary alicyclic amines) is 1. The molecule has 21 heavy (non-hydrogen) atoms. The van der Waals surface area contributed by atoms with Crippen LogP contribution in [0.15, 0.2) is 24.3 Å². The summed E-state index contributed by atoms with van der Waals surface area (Å²) in [5.41, 5.74) is 6.33. The molecule has 1 fully saturated rings. The first-order chi connectivity index (χ1) is 10.0. The summed E-state index contributed by atoms with van der Waals surface area (Å²) in [5, 5.41) is 0. The summed E-state index contributed by atoms with van der Waals surface area (Å²) in [7, 11) is 0. The molecule has 114 valence electrons. The number of nitrogens with zero attached hydrogens (tertiary/aromatic N) is 1. The predicted octanol–water partition coefficient (Wildman–Crippen LogP) is 2.35. The second kappa shape index (κ2) is 6.89. The Labute approximate surface area is 131 Å². The van der Waals surface area contributed by atoms with Gasteiger partial charge in [0, 0.05) is 12.6 Å². The summed E-state index contributed by atoms with van der Waals surface area (Å²) in [6.45, 7) is 5.12. The SMILES string of the molecule is CC1CCCN(C(=O)COc2ccccc2C(N)=S)C1C. The Balaban J connectivity index is 2.00. The van der Waals surface area contributed by atoms with Gasteiger partial charge in [0.05, 0.1) is 5.56 Å². The Morgan fingerprint density at radius 2 is 2.14 bits per heavy atom. The topological polar surface area (TPSA) is 55.6 Å². The summed E-state index contributed by atoms with van der Waals surface area (Å²) >= 11 is 4.99. The van der Waals surface area contributed by atoms with Gasteiger partial charge in [-0.05, 0) is 37.8 Å². The molecule has 1 aliphatic heterocycles. The van der Waals surface area contributed by atoms with E-state index < -0.39 is 0 Å². The second-order valence-corrected chi connectivity index (χ2v) is 6.04. The van der Waals surface area contributed by atoms with Crippen LogP contribution in [0.3, 0.4) is 0 Å². The molecule has 1 heterocycles. The molecule has 2 N–H and O–H groups in total. The number of para-hydroxylation sites is 1. The smallest absolute Gasteiger partial charge is 0.260 e. The summed E-state index contributed by atoms with van der Waals surface area (Å²) in [6, 6.07) is 7.53. The van der Waals surface area contributed by atoms with Gasteiger partial charge >= 0.3 is 0 Å². The molecular weight excluding hydrogens is 284 g/mol. The number of thiocarbonyl (C=S) groups is 1. The van der Waals surface area contributed by atoms with Crippen molar-refractivity contribution < 1.29 is 9.53 Å². The lowest BCUT2D eigenvalue weighted by atomic mass is 9.92. The molecule has 1 aromatic carbocycles. The van der Waals surface area contributed by atoms with E-state index in [1.807, 2.05) is 17.0 Å². The molecule has 2 atom stereocenters. The lowest BCUT2D eigenvalue weighted by molar-refractivity contribution is -0.137. The summed E-state index contributed by atoms with van der Waals surface area (Å²) in [6.07, 6.45) is 2.23. The number of carbonyl (C=O) groups is 1. The van der Waals surface area contributed by atoms with Crippen molar-refractivity contribution in [1.82, 2.24) is 4.90 Å². The fourth-order valence-electron chi connectivity index (χ4n) is 2.71. The molecule has 0 saturated carbocycles. The summed E-state index contributed by atoms with van der Waals surface area (Å²) < 4.78 is 5.64. The van der Waals surface area contributed by atoms with E-state index in [0.29, 0.717) is 17.2 Å². The number of rotatable bonds is 4. The van der Waals surface area contributed by atoms with Crippen LogP contribution in [0, 0.1) is 5.92 Å². The second-order valence-electron chi connectivity index (χ2n) is 5.60. The lowest BCUT2D eigenvalue weighted by Crippen LogP contribution is -2.47. The highest BCUT2D eigenvalue weighted by atomic mass is 32.1. The maximum atomic E-state index is 12.3. The molecule has 0 aromatic heterocycles. The number of benzene rings is 1. The summed E-state index contributed by atoms with van der Waals surface area (Å²) in [4.78, 5) is 14.5. The zero-order valence-corrected chi connectivity index (χ0v) is 13.4. The van der Waals surface area contributed by atoms with Crippen LogP contribution in [0.1, 0.15) is 32.3 Å². The highest BCUT2D eigenvalue weighted by molar-refractivity contribution is 7.80. The third kappa shape index (κ3) is 3.73. The third-order valence-corrected chi connectivity index (χ3v) is 4.42. The number of carbonyl (C=O) groups excluding carboxylic acids is 1.